The molecule has 0 saturated heterocycles. The van der Waals surface area contributed by atoms with Crippen LogP contribution in [0.25, 0.3) is 5.88 Å². The smallest absolute Gasteiger partial charge is 0.347 e. The molecule has 0 radical (unpaired) electrons. The zero-order valence-corrected chi connectivity index (χ0v) is 16.3. The summed E-state index contributed by atoms with van der Waals surface area (Å²) < 4.78 is 6.36. The first-order valence-electron chi connectivity index (χ1n) is 9.10. The molecule has 2 rings (SSSR count). The van der Waals surface area contributed by atoms with Crippen molar-refractivity contribution in [1.29, 1.82) is 5.41 Å². The summed E-state index contributed by atoms with van der Waals surface area (Å²) in [7, 11) is 1.63. The van der Waals surface area contributed by atoms with Crippen molar-refractivity contribution in [2.24, 2.45) is 11.5 Å². The van der Waals surface area contributed by atoms with Crippen molar-refractivity contribution in [3.8, 4) is 0 Å². The lowest BCUT2D eigenvalue weighted by Gasteiger charge is -2.30. The zero-order chi connectivity index (χ0) is 22.4. The van der Waals surface area contributed by atoms with Crippen LogP contribution >= 0.6 is 0 Å². The lowest BCUT2D eigenvalue weighted by molar-refractivity contribution is -0.149. The number of nitrogens with one attached hydrogen (secondary N) is 3. The van der Waals surface area contributed by atoms with Gasteiger partial charge in [-0.25, -0.2) is 14.2 Å². The number of nitrogens with zero attached hydrogens (tertiary/aromatic N) is 2. The molecule has 1 aliphatic heterocycles. The second kappa shape index (κ2) is 9.73. The molecule has 1 aliphatic rings. The number of H-pyrrole nitrogens is 1. The van der Waals surface area contributed by atoms with E-state index in [1.54, 1.807) is 7.05 Å². The van der Waals surface area contributed by atoms with Crippen LogP contribution in [-0.2, 0) is 14.3 Å². The molecule has 164 valence electrons. The molecular formula is C17H25N7O6. The van der Waals surface area contributed by atoms with Crippen LogP contribution in [0.15, 0.2) is 27.9 Å². The number of rotatable bonds is 8. The second-order valence-corrected chi connectivity index (χ2v) is 6.87. The number of aromatic nitrogens is 2. The molecule has 13 heteroatoms. The van der Waals surface area contributed by atoms with E-state index in [1.165, 1.54) is 17.2 Å². The molecule has 1 amide bonds. The van der Waals surface area contributed by atoms with Crippen LogP contribution in [0.4, 0.5) is 0 Å². The SMILES string of the molecule is CN(CC[C@H](N)CC(=O)N[C@H]1CC=C(n2ccc(=O)[nH]c2=O)O[C@@H]1C(=O)O)C(=N)N. The monoisotopic (exact) mass is 423 g/mol. The van der Waals surface area contributed by atoms with Gasteiger partial charge in [-0.05, 0) is 18.9 Å². The molecule has 0 saturated carbocycles. The van der Waals surface area contributed by atoms with Gasteiger partial charge in [0.15, 0.2) is 11.8 Å². The summed E-state index contributed by atoms with van der Waals surface area (Å²) in [6.45, 7) is 0.397. The Morgan fingerprint density at radius 2 is 2.20 bits per heavy atom. The number of aliphatic carboxylic acids is 1. The molecule has 8 N–H and O–H groups in total. The second-order valence-electron chi connectivity index (χ2n) is 6.87. The number of aromatic amines is 1. The highest BCUT2D eigenvalue weighted by molar-refractivity contribution is 5.80. The molecule has 13 nitrogen and oxygen atoms in total. The number of guanidine groups is 1. The maximum absolute atomic E-state index is 12.3. The van der Waals surface area contributed by atoms with E-state index in [0.717, 1.165) is 10.6 Å². The number of hydrogen-bond acceptors (Lipinski definition) is 7. The minimum Gasteiger partial charge on any atom is -0.478 e. The Bertz CT molecular complexity index is 952. The van der Waals surface area contributed by atoms with Crippen molar-refractivity contribution in [3.63, 3.8) is 0 Å². The molecule has 2 heterocycles. The molecule has 0 aromatic carbocycles. The van der Waals surface area contributed by atoms with Gasteiger partial charge in [0.1, 0.15) is 0 Å². The van der Waals surface area contributed by atoms with Gasteiger partial charge in [0.25, 0.3) is 5.56 Å². The summed E-state index contributed by atoms with van der Waals surface area (Å²) >= 11 is 0. The van der Waals surface area contributed by atoms with Crippen LogP contribution in [0.3, 0.4) is 0 Å². The first-order valence-corrected chi connectivity index (χ1v) is 9.10. The standard InChI is InChI=1S/C17H25N7O6/c1-23(16(19)20)6-4-9(18)8-12(26)21-10-2-3-13(30-14(10)15(27)28)24-7-5-11(25)22-17(24)29/h3,5,7,9-10,14H,2,4,6,8,18H2,1H3,(H3,19,20)(H,21,26)(H,27,28)(H,22,25,29)/t9-,10-,14-/m0/s1. The Balaban J connectivity index is 2.01. The van der Waals surface area contributed by atoms with E-state index < -0.39 is 41.3 Å². The Kier molecular flexibility index (Phi) is 7.36. The summed E-state index contributed by atoms with van der Waals surface area (Å²) in [4.78, 5) is 50.5. The van der Waals surface area contributed by atoms with E-state index in [9.17, 15) is 24.3 Å². The Labute approximate surface area is 170 Å². The van der Waals surface area contributed by atoms with E-state index in [4.69, 9.17) is 21.6 Å². The maximum atomic E-state index is 12.3. The van der Waals surface area contributed by atoms with Gasteiger partial charge < -0.3 is 31.5 Å². The predicted octanol–water partition coefficient (Wildman–Crippen LogP) is -2.37. The van der Waals surface area contributed by atoms with Crippen LogP contribution < -0.4 is 28.0 Å². The Hall–Kier alpha value is -3.61. The molecule has 0 fully saturated rings. The van der Waals surface area contributed by atoms with Gasteiger partial charge in [-0.15, -0.1) is 0 Å². The Morgan fingerprint density at radius 3 is 2.80 bits per heavy atom. The zero-order valence-electron chi connectivity index (χ0n) is 16.3. The van der Waals surface area contributed by atoms with Crippen molar-refractivity contribution < 1.29 is 19.4 Å². The number of hydrogen-bond donors (Lipinski definition) is 6. The minimum absolute atomic E-state index is 0.0511. The molecular weight excluding hydrogens is 398 g/mol. The normalized spacial score (nSPS) is 19.2. The van der Waals surface area contributed by atoms with Crippen molar-refractivity contribution in [1.82, 2.24) is 19.8 Å². The highest BCUT2D eigenvalue weighted by Gasteiger charge is 2.35. The number of carbonyl (C=O) groups excluding carboxylic acids is 1. The Morgan fingerprint density at radius 1 is 1.50 bits per heavy atom. The van der Waals surface area contributed by atoms with Crippen LogP contribution in [0.2, 0.25) is 0 Å². The van der Waals surface area contributed by atoms with Gasteiger partial charge in [-0.2, -0.15) is 0 Å². The van der Waals surface area contributed by atoms with Gasteiger partial charge >= 0.3 is 11.7 Å². The molecule has 3 atom stereocenters. The summed E-state index contributed by atoms with van der Waals surface area (Å²) in [5.41, 5.74) is 9.89. The molecule has 0 aliphatic carbocycles. The lowest BCUT2D eigenvalue weighted by atomic mass is 10.0. The predicted molar refractivity (Wildman–Crippen MR) is 106 cm³/mol. The fourth-order valence-corrected chi connectivity index (χ4v) is 2.80. The van der Waals surface area contributed by atoms with Crippen molar-refractivity contribution in [2.75, 3.05) is 13.6 Å². The fraction of sp³-hybridized carbons (Fsp3) is 0.471. The van der Waals surface area contributed by atoms with E-state index >= 15 is 0 Å². The third kappa shape index (κ3) is 5.94. The van der Waals surface area contributed by atoms with Crippen LogP contribution in [0, 0.1) is 5.41 Å². The lowest BCUT2D eigenvalue weighted by Crippen LogP contribution is -2.51. The number of nitrogens with two attached hydrogens (primary N) is 2. The van der Waals surface area contributed by atoms with Crippen molar-refractivity contribution in [3.05, 3.63) is 39.2 Å². The van der Waals surface area contributed by atoms with Gasteiger partial charge in [0.2, 0.25) is 12.0 Å². The summed E-state index contributed by atoms with van der Waals surface area (Å²) in [6.07, 6.45) is 1.63. The quantitative estimate of drug-likeness (QED) is 0.194. The van der Waals surface area contributed by atoms with Gasteiger partial charge in [0.05, 0.1) is 6.04 Å². The maximum Gasteiger partial charge on any atom is 0.347 e. The molecule has 30 heavy (non-hydrogen) atoms. The number of carboxylic acids is 1. The van der Waals surface area contributed by atoms with Gasteiger partial charge in [-0.1, -0.05) is 0 Å². The highest BCUT2D eigenvalue weighted by Crippen LogP contribution is 2.20. The number of carbonyl (C=O) groups is 2. The van der Waals surface area contributed by atoms with E-state index in [-0.39, 0.29) is 24.7 Å². The third-order valence-corrected chi connectivity index (χ3v) is 4.50. The first-order chi connectivity index (χ1) is 14.1. The van der Waals surface area contributed by atoms with Crippen molar-refractivity contribution in [2.45, 2.75) is 37.5 Å². The molecule has 0 unspecified atom stereocenters. The number of carboxylic acid groups (broad SMARTS) is 1. The van der Waals surface area contributed by atoms with Crippen molar-refractivity contribution >= 4 is 23.7 Å². The minimum atomic E-state index is -1.44. The molecule has 0 spiro atoms. The topological polar surface area (TPSA) is 210 Å². The molecule has 1 aromatic heterocycles. The first kappa shape index (κ1) is 22.7. The third-order valence-electron chi connectivity index (χ3n) is 4.50. The van der Waals surface area contributed by atoms with E-state index in [2.05, 4.69) is 5.32 Å². The largest absolute Gasteiger partial charge is 0.478 e. The molecule has 1 aromatic rings. The average molecular weight is 423 g/mol. The van der Waals surface area contributed by atoms with Crippen LogP contribution in [-0.4, -0.2) is 69.2 Å². The summed E-state index contributed by atoms with van der Waals surface area (Å²) in [5.74, 6) is -1.95. The van der Waals surface area contributed by atoms with Crippen LogP contribution in [0.5, 0.6) is 0 Å². The highest BCUT2D eigenvalue weighted by atomic mass is 16.5. The molecule has 0 bridgehead atoms. The fourth-order valence-electron chi connectivity index (χ4n) is 2.80. The van der Waals surface area contributed by atoms with E-state index in [0.29, 0.717) is 13.0 Å². The van der Waals surface area contributed by atoms with Crippen LogP contribution in [0.1, 0.15) is 19.3 Å². The average Bonchev–Trinajstić information content (AvgIpc) is 2.66. The summed E-state index contributed by atoms with van der Waals surface area (Å²) in [5, 5.41) is 19.4. The summed E-state index contributed by atoms with van der Waals surface area (Å²) in [6, 6.07) is -0.283. The van der Waals surface area contributed by atoms with E-state index in [1.807, 2.05) is 4.98 Å². The van der Waals surface area contributed by atoms with Gasteiger partial charge in [-0.3, -0.25) is 20.0 Å². The van der Waals surface area contributed by atoms with Gasteiger partial charge in [0, 0.05) is 38.3 Å². The number of amides is 1. The number of ether oxygens (including phenoxy) is 1.